The molecular formula is C13H22N2O4. The maximum Gasteiger partial charge on any atom is 0.323 e. The zero-order valence-corrected chi connectivity index (χ0v) is 11.8. The fraction of sp³-hybridized carbons (Fsp3) is 0.769. The van der Waals surface area contributed by atoms with Gasteiger partial charge in [-0.25, -0.2) is 0 Å². The first kappa shape index (κ1) is 15.5. The molecule has 2 amide bonds. The van der Waals surface area contributed by atoms with Gasteiger partial charge in [-0.1, -0.05) is 13.8 Å². The molecule has 6 heteroatoms. The number of nitrogens with zero attached hydrogens (tertiary/aromatic N) is 2. The van der Waals surface area contributed by atoms with Crippen LogP contribution in [0.2, 0.25) is 0 Å². The van der Waals surface area contributed by atoms with Crippen LogP contribution < -0.4 is 0 Å². The zero-order valence-electron chi connectivity index (χ0n) is 11.8. The van der Waals surface area contributed by atoms with Crippen molar-refractivity contribution in [3.63, 3.8) is 0 Å². The van der Waals surface area contributed by atoms with Crippen molar-refractivity contribution >= 4 is 17.8 Å². The predicted molar refractivity (Wildman–Crippen MR) is 69.4 cm³/mol. The number of likely N-dealkylation sites (N-methyl/N-ethyl adjacent to an activating group) is 1. The normalized spacial score (nSPS) is 19.4. The van der Waals surface area contributed by atoms with E-state index < -0.39 is 5.97 Å². The lowest BCUT2D eigenvalue weighted by atomic mass is 9.95. The Morgan fingerprint density at radius 2 is 2.00 bits per heavy atom. The molecule has 0 radical (unpaired) electrons. The van der Waals surface area contributed by atoms with Crippen LogP contribution in [0.1, 0.15) is 26.7 Å². The van der Waals surface area contributed by atoms with Gasteiger partial charge in [0, 0.05) is 26.1 Å². The molecule has 1 aliphatic heterocycles. The number of carboxylic acid groups (broad SMARTS) is 1. The first-order chi connectivity index (χ1) is 8.82. The molecule has 1 heterocycles. The molecule has 1 aliphatic rings. The lowest BCUT2D eigenvalue weighted by Crippen LogP contribution is -2.47. The van der Waals surface area contributed by atoms with Gasteiger partial charge < -0.3 is 14.9 Å². The SMILES string of the molecule is CC(C)C(=O)N1CCCC(C(=O)N(C)CC(=O)O)C1. The van der Waals surface area contributed by atoms with E-state index in [1.807, 2.05) is 13.8 Å². The van der Waals surface area contributed by atoms with Crippen LogP contribution in [0.4, 0.5) is 0 Å². The van der Waals surface area contributed by atoms with Crippen LogP contribution in [0.5, 0.6) is 0 Å². The van der Waals surface area contributed by atoms with Crippen molar-refractivity contribution in [2.24, 2.45) is 11.8 Å². The summed E-state index contributed by atoms with van der Waals surface area (Å²) in [6.45, 7) is 4.46. The van der Waals surface area contributed by atoms with Crippen molar-refractivity contribution in [2.75, 3.05) is 26.7 Å². The summed E-state index contributed by atoms with van der Waals surface area (Å²) >= 11 is 0. The lowest BCUT2D eigenvalue weighted by molar-refractivity contribution is -0.147. The Hall–Kier alpha value is -1.59. The number of hydrogen-bond acceptors (Lipinski definition) is 3. The first-order valence-electron chi connectivity index (χ1n) is 6.58. The largest absolute Gasteiger partial charge is 0.480 e. The summed E-state index contributed by atoms with van der Waals surface area (Å²) in [7, 11) is 1.49. The molecular weight excluding hydrogens is 248 g/mol. The van der Waals surface area contributed by atoms with E-state index in [4.69, 9.17) is 5.11 Å². The lowest BCUT2D eigenvalue weighted by Gasteiger charge is -2.34. The standard InChI is InChI=1S/C13H22N2O4/c1-9(2)12(18)15-6-4-5-10(7-15)13(19)14(3)8-11(16)17/h9-10H,4-8H2,1-3H3,(H,16,17). The summed E-state index contributed by atoms with van der Waals surface area (Å²) in [5.41, 5.74) is 0. The molecule has 0 spiro atoms. The quantitative estimate of drug-likeness (QED) is 0.803. The summed E-state index contributed by atoms with van der Waals surface area (Å²) < 4.78 is 0. The van der Waals surface area contributed by atoms with Crippen LogP contribution in [0.3, 0.4) is 0 Å². The van der Waals surface area contributed by atoms with Crippen LogP contribution in [0.15, 0.2) is 0 Å². The van der Waals surface area contributed by atoms with Crippen molar-refractivity contribution in [3.05, 3.63) is 0 Å². The molecule has 1 fully saturated rings. The average molecular weight is 270 g/mol. The van der Waals surface area contributed by atoms with E-state index in [2.05, 4.69) is 0 Å². The predicted octanol–water partition coefficient (Wildman–Crippen LogP) is 0.424. The molecule has 1 N–H and O–H groups in total. The minimum atomic E-state index is -1.03. The van der Waals surface area contributed by atoms with Gasteiger partial charge in [0.1, 0.15) is 6.54 Å². The maximum atomic E-state index is 12.1. The summed E-state index contributed by atoms with van der Waals surface area (Å²) in [5, 5.41) is 8.69. The average Bonchev–Trinajstić information content (AvgIpc) is 2.36. The van der Waals surface area contributed by atoms with Gasteiger partial charge in [-0.15, -0.1) is 0 Å². The Balaban J connectivity index is 2.61. The third-order valence-electron chi connectivity index (χ3n) is 3.32. The molecule has 108 valence electrons. The summed E-state index contributed by atoms with van der Waals surface area (Å²) in [6.07, 6.45) is 1.50. The number of amides is 2. The number of aliphatic carboxylic acids is 1. The van der Waals surface area contributed by atoms with Crippen LogP contribution in [-0.2, 0) is 14.4 Å². The van der Waals surface area contributed by atoms with E-state index in [1.54, 1.807) is 4.90 Å². The van der Waals surface area contributed by atoms with Gasteiger partial charge >= 0.3 is 5.97 Å². The van der Waals surface area contributed by atoms with Crippen molar-refractivity contribution < 1.29 is 19.5 Å². The summed E-state index contributed by atoms with van der Waals surface area (Å²) in [5.74, 6) is -1.52. The van der Waals surface area contributed by atoms with Gasteiger partial charge in [-0.2, -0.15) is 0 Å². The minimum absolute atomic E-state index is 0.0541. The fourth-order valence-corrected chi connectivity index (χ4v) is 2.34. The number of carbonyl (C=O) groups excluding carboxylic acids is 2. The van der Waals surface area contributed by atoms with Crippen LogP contribution in [-0.4, -0.2) is 59.4 Å². The third-order valence-corrected chi connectivity index (χ3v) is 3.32. The molecule has 0 aromatic rings. The zero-order chi connectivity index (χ0) is 14.6. The van der Waals surface area contributed by atoms with E-state index in [0.717, 1.165) is 6.42 Å². The van der Waals surface area contributed by atoms with Gasteiger partial charge in [0.25, 0.3) is 0 Å². The number of piperidine rings is 1. The maximum absolute atomic E-state index is 12.1. The minimum Gasteiger partial charge on any atom is -0.480 e. The summed E-state index contributed by atoms with van der Waals surface area (Å²) in [6, 6.07) is 0. The number of carbonyl (C=O) groups is 3. The van der Waals surface area contributed by atoms with Crippen LogP contribution in [0, 0.1) is 11.8 Å². The molecule has 1 unspecified atom stereocenters. The molecule has 0 aliphatic carbocycles. The van der Waals surface area contributed by atoms with Crippen LogP contribution in [0.25, 0.3) is 0 Å². The Morgan fingerprint density at radius 3 is 2.53 bits per heavy atom. The highest BCUT2D eigenvalue weighted by Gasteiger charge is 2.31. The molecule has 1 rings (SSSR count). The van der Waals surface area contributed by atoms with Gasteiger partial charge in [0.05, 0.1) is 5.92 Å². The first-order valence-corrected chi connectivity index (χ1v) is 6.58. The van der Waals surface area contributed by atoms with Gasteiger partial charge in [-0.3, -0.25) is 14.4 Å². The monoisotopic (exact) mass is 270 g/mol. The Labute approximate surface area is 113 Å². The van der Waals surface area contributed by atoms with E-state index in [1.165, 1.54) is 11.9 Å². The molecule has 1 saturated heterocycles. The molecule has 0 saturated carbocycles. The second-order valence-electron chi connectivity index (χ2n) is 5.37. The highest BCUT2D eigenvalue weighted by molar-refractivity contribution is 5.84. The number of carboxylic acids is 1. The Kier molecular flexibility index (Phi) is 5.32. The van der Waals surface area contributed by atoms with Crippen molar-refractivity contribution in [1.29, 1.82) is 0 Å². The molecule has 1 atom stereocenters. The van der Waals surface area contributed by atoms with Gasteiger partial charge in [0.2, 0.25) is 11.8 Å². The summed E-state index contributed by atoms with van der Waals surface area (Å²) in [4.78, 5) is 37.5. The fourth-order valence-electron chi connectivity index (χ4n) is 2.34. The highest BCUT2D eigenvalue weighted by Crippen LogP contribution is 2.20. The Bertz CT molecular complexity index is 368. The molecule has 0 aromatic carbocycles. The Morgan fingerprint density at radius 1 is 1.37 bits per heavy atom. The van der Waals surface area contributed by atoms with E-state index in [9.17, 15) is 14.4 Å². The smallest absolute Gasteiger partial charge is 0.323 e. The van der Waals surface area contributed by atoms with Crippen molar-refractivity contribution in [1.82, 2.24) is 9.80 Å². The second kappa shape index (κ2) is 6.54. The molecule has 0 bridgehead atoms. The molecule has 19 heavy (non-hydrogen) atoms. The van der Waals surface area contributed by atoms with Gasteiger partial charge in [0.15, 0.2) is 0 Å². The van der Waals surface area contributed by atoms with Crippen molar-refractivity contribution in [3.8, 4) is 0 Å². The van der Waals surface area contributed by atoms with Crippen molar-refractivity contribution in [2.45, 2.75) is 26.7 Å². The van der Waals surface area contributed by atoms with E-state index >= 15 is 0 Å². The van der Waals surface area contributed by atoms with E-state index in [0.29, 0.717) is 19.5 Å². The number of likely N-dealkylation sites (tertiary alicyclic amines) is 1. The highest BCUT2D eigenvalue weighted by atomic mass is 16.4. The number of rotatable bonds is 4. The van der Waals surface area contributed by atoms with Crippen LogP contribution >= 0.6 is 0 Å². The molecule has 0 aromatic heterocycles. The second-order valence-corrected chi connectivity index (χ2v) is 5.37. The molecule has 6 nitrogen and oxygen atoms in total. The van der Waals surface area contributed by atoms with E-state index in [-0.39, 0.29) is 30.2 Å². The third kappa shape index (κ3) is 4.22. The topological polar surface area (TPSA) is 77.9 Å². The van der Waals surface area contributed by atoms with Gasteiger partial charge in [-0.05, 0) is 12.8 Å². The number of hydrogen-bond donors (Lipinski definition) is 1.